The standard InChI is InChI=1S/C38H72O4Si2/c1-27(17-15-23-37(8,9)40)30-21-22-31-29(18-16-24-38(30,31)10)20-19-28-25-32(41-43(11,12)35(2,3)4)34(39)33(26-28)42-44(13,14)36(5,6)7/h19-20,27,30-34,39-40H,15-18,21-26H2,1-14H3/b28-19?,29-20+/t27-,30?,31?,32+,33+,34?,38?/m0/s1. The van der Waals surface area contributed by atoms with E-state index in [2.05, 4.69) is 93.7 Å². The number of aliphatic hydroxyl groups is 2. The van der Waals surface area contributed by atoms with E-state index < -0.39 is 28.3 Å². The van der Waals surface area contributed by atoms with Crippen LogP contribution in [0.3, 0.4) is 0 Å². The van der Waals surface area contributed by atoms with Gasteiger partial charge in [-0.15, -0.1) is 0 Å². The number of allylic oxidation sites excluding steroid dienone is 3. The minimum absolute atomic E-state index is 0.0861. The van der Waals surface area contributed by atoms with Gasteiger partial charge in [-0.3, -0.25) is 0 Å². The highest BCUT2D eigenvalue weighted by Gasteiger charge is 2.51. The summed E-state index contributed by atoms with van der Waals surface area (Å²) in [6, 6.07) is 0. The molecule has 0 aromatic rings. The van der Waals surface area contributed by atoms with Crippen molar-refractivity contribution in [3.63, 3.8) is 0 Å². The van der Waals surface area contributed by atoms with Gasteiger partial charge in [-0.2, -0.15) is 0 Å². The summed E-state index contributed by atoms with van der Waals surface area (Å²) in [7, 11) is -4.14. The quantitative estimate of drug-likeness (QED) is 0.231. The molecule has 4 nitrogen and oxygen atoms in total. The minimum atomic E-state index is -2.07. The summed E-state index contributed by atoms with van der Waals surface area (Å²) in [5.74, 6) is 2.13. The molecule has 2 N–H and O–H groups in total. The lowest BCUT2D eigenvalue weighted by Gasteiger charge is -2.47. The molecule has 0 aromatic carbocycles. The summed E-state index contributed by atoms with van der Waals surface area (Å²) in [6.07, 6.45) is 15.1. The number of aliphatic hydroxyl groups excluding tert-OH is 1. The molecule has 256 valence electrons. The summed E-state index contributed by atoms with van der Waals surface area (Å²) in [4.78, 5) is 0. The van der Waals surface area contributed by atoms with Crippen molar-refractivity contribution in [3.05, 3.63) is 23.3 Å². The molecule has 3 unspecified atom stereocenters. The highest BCUT2D eigenvalue weighted by molar-refractivity contribution is 6.74. The van der Waals surface area contributed by atoms with Crippen LogP contribution in [0.25, 0.3) is 0 Å². The molecule has 6 atom stereocenters. The predicted octanol–water partition coefficient (Wildman–Crippen LogP) is 10.6. The van der Waals surface area contributed by atoms with E-state index in [1.54, 1.807) is 5.57 Å². The minimum Gasteiger partial charge on any atom is -0.411 e. The maximum atomic E-state index is 11.7. The number of rotatable bonds is 10. The molecule has 3 fully saturated rings. The lowest BCUT2D eigenvalue weighted by Crippen LogP contribution is -2.55. The van der Waals surface area contributed by atoms with Gasteiger partial charge in [0.1, 0.15) is 6.10 Å². The zero-order chi connectivity index (χ0) is 33.5. The van der Waals surface area contributed by atoms with Crippen LogP contribution < -0.4 is 0 Å². The van der Waals surface area contributed by atoms with E-state index in [9.17, 15) is 10.2 Å². The SMILES string of the molecule is C[C@@H](CCCC(C)(C)O)C1CCC2/C(=C/C=C3C[C@@H](O[Si](C)(C)C(C)(C)C)C(O)[C@H](O[Si](C)(C)C(C)(C)C)C3)CCCC21C. The van der Waals surface area contributed by atoms with Gasteiger partial charge in [-0.1, -0.05) is 91.5 Å². The molecule has 0 heterocycles. The third-order valence-corrected chi connectivity index (χ3v) is 21.9. The molecule has 3 rings (SSSR count). The first kappa shape index (κ1) is 38.2. The summed E-state index contributed by atoms with van der Waals surface area (Å²) < 4.78 is 13.9. The Kier molecular flexibility index (Phi) is 11.9. The van der Waals surface area contributed by atoms with Crippen molar-refractivity contribution >= 4 is 16.6 Å². The van der Waals surface area contributed by atoms with Gasteiger partial charge in [0.05, 0.1) is 17.8 Å². The Morgan fingerprint density at radius 2 is 1.41 bits per heavy atom. The van der Waals surface area contributed by atoms with Gasteiger partial charge >= 0.3 is 0 Å². The molecule has 0 spiro atoms. The average Bonchev–Trinajstić information content (AvgIpc) is 3.20. The van der Waals surface area contributed by atoms with E-state index in [0.717, 1.165) is 31.6 Å². The number of fused-ring (bicyclic) bond motifs is 1. The van der Waals surface area contributed by atoms with E-state index in [-0.39, 0.29) is 22.3 Å². The summed E-state index contributed by atoms with van der Waals surface area (Å²) in [6.45, 7) is 31.8. The van der Waals surface area contributed by atoms with Gasteiger partial charge in [0, 0.05) is 0 Å². The van der Waals surface area contributed by atoms with Crippen LogP contribution in [0.15, 0.2) is 23.3 Å². The van der Waals surface area contributed by atoms with Crippen LogP contribution in [0.4, 0.5) is 0 Å². The van der Waals surface area contributed by atoms with Crippen LogP contribution in [0, 0.1) is 23.2 Å². The van der Waals surface area contributed by atoms with Gasteiger partial charge < -0.3 is 19.1 Å². The predicted molar refractivity (Wildman–Crippen MR) is 193 cm³/mol. The first-order chi connectivity index (χ1) is 19.9. The van der Waals surface area contributed by atoms with Crippen molar-refractivity contribution in [2.24, 2.45) is 23.2 Å². The molecule has 0 aliphatic heterocycles. The maximum Gasteiger partial charge on any atom is 0.192 e. The Morgan fingerprint density at radius 1 is 0.886 bits per heavy atom. The van der Waals surface area contributed by atoms with Crippen LogP contribution in [-0.2, 0) is 8.85 Å². The van der Waals surface area contributed by atoms with E-state index in [1.165, 1.54) is 44.1 Å². The molecular weight excluding hydrogens is 577 g/mol. The molecule has 3 aliphatic rings. The third-order valence-electron chi connectivity index (χ3n) is 12.9. The van der Waals surface area contributed by atoms with Crippen molar-refractivity contribution in [1.29, 1.82) is 0 Å². The average molecular weight is 649 g/mol. The maximum absolute atomic E-state index is 11.7. The topological polar surface area (TPSA) is 58.9 Å². The zero-order valence-electron chi connectivity index (χ0n) is 31.4. The normalized spacial score (nSPS) is 32.6. The van der Waals surface area contributed by atoms with Crippen molar-refractivity contribution in [3.8, 4) is 0 Å². The van der Waals surface area contributed by atoms with Crippen molar-refractivity contribution in [2.45, 2.75) is 194 Å². The molecule has 0 radical (unpaired) electrons. The van der Waals surface area contributed by atoms with Crippen molar-refractivity contribution < 1.29 is 19.1 Å². The molecule has 0 amide bonds. The Morgan fingerprint density at radius 3 is 1.89 bits per heavy atom. The van der Waals surface area contributed by atoms with Gasteiger partial charge in [0.2, 0.25) is 0 Å². The summed E-state index contributed by atoms with van der Waals surface area (Å²) >= 11 is 0. The molecule has 0 bridgehead atoms. The third kappa shape index (κ3) is 9.01. The van der Waals surface area contributed by atoms with Crippen LogP contribution in [-0.4, -0.2) is 50.8 Å². The first-order valence-corrected chi connectivity index (χ1v) is 23.8. The van der Waals surface area contributed by atoms with E-state index in [4.69, 9.17) is 8.85 Å². The van der Waals surface area contributed by atoms with Crippen LogP contribution in [0.2, 0.25) is 36.3 Å². The fourth-order valence-electron chi connectivity index (χ4n) is 8.05. The Labute approximate surface area is 275 Å². The monoisotopic (exact) mass is 648 g/mol. The smallest absolute Gasteiger partial charge is 0.192 e. The van der Waals surface area contributed by atoms with E-state index >= 15 is 0 Å². The Bertz CT molecular complexity index is 985. The summed E-state index contributed by atoms with van der Waals surface area (Å²) in [5.41, 5.74) is 2.83. The molecule has 0 aromatic heterocycles. The van der Waals surface area contributed by atoms with Crippen LogP contribution in [0.1, 0.15) is 133 Å². The van der Waals surface area contributed by atoms with Gasteiger partial charge in [-0.25, -0.2) is 0 Å². The van der Waals surface area contributed by atoms with E-state index in [0.29, 0.717) is 17.3 Å². The lowest BCUT2D eigenvalue weighted by atomic mass is 9.60. The van der Waals surface area contributed by atoms with Crippen molar-refractivity contribution in [2.75, 3.05) is 0 Å². The highest BCUT2D eigenvalue weighted by atomic mass is 28.4. The highest BCUT2D eigenvalue weighted by Crippen LogP contribution is 2.60. The Balaban J connectivity index is 1.85. The fourth-order valence-corrected chi connectivity index (χ4v) is 10.7. The Hall–Kier alpha value is -0.246. The first-order valence-electron chi connectivity index (χ1n) is 18.0. The van der Waals surface area contributed by atoms with Gasteiger partial charge in [0.25, 0.3) is 0 Å². The number of hydrogen-bond acceptors (Lipinski definition) is 4. The second-order valence-corrected chi connectivity index (χ2v) is 28.6. The number of hydrogen-bond donors (Lipinski definition) is 2. The second kappa shape index (κ2) is 13.7. The summed E-state index contributed by atoms with van der Waals surface area (Å²) in [5, 5.41) is 22.1. The van der Waals surface area contributed by atoms with E-state index in [1.807, 2.05) is 13.8 Å². The van der Waals surface area contributed by atoms with Crippen LogP contribution in [0.5, 0.6) is 0 Å². The molecule has 6 heteroatoms. The van der Waals surface area contributed by atoms with Crippen LogP contribution >= 0.6 is 0 Å². The largest absolute Gasteiger partial charge is 0.411 e. The molecule has 0 saturated heterocycles. The molecule has 3 aliphatic carbocycles. The van der Waals surface area contributed by atoms with Gasteiger partial charge in [0.15, 0.2) is 16.6 Å². The molecule has 44 heavy (non-hydrogen) atoms. The zero-order valence-corrected chi connectivity index (χ0v) is 33.4. The molecule has 3 saturated carbocycles. The second-order valence-electron chi connectivity index (χ2n) is 19.1. The van der Waals surface area contributed by atoms with Gasteiger partial charge in [-0.05, 0) is 125 Å². The molecular formula is C38H72O4Si2. The lowest BCUT2D eigenvalue weighted by molar-refractivity contribution is -0.0604. The fraction of sp³-hybridized carbons (Fsp3) is 0.895. The van der Waals surface area contributed by atoms with Crippen molar-refractivity contribution in [1.82, 2.24) is 0 Å².